The largest absolute Gasteiger partial charge is 1.00 e. The molecular formula is C33H37F2LiN2O3S. The molecule has 1 atom stereocenters. The Labute approximate surface area is 263 Å². The van der Waals surface area contributed by atoms with Gasteiger partial charge in [-0.2, -0.15) is 11.8 Å². The molecule has 42 heavy (non-hydrogen) atoms. The molecule has 1 aliphatic carbocycles. The molecule has 0 unspecified atom stereocenters. The van der Waals surface area contributed by atoms with Crippen molar-refractivity contribution in [3.8, 4) is 11.1 Å². The van der Waals surface area contributed by atoms with Crippen LogP contribution < -0.4 is 29.3 Å². The quantitative estimate of drug-likeness (QED) is 0.331. The SMILES string of the molecule is CSCC[C@H](NC(=O)c1ccc(CN(Cc2cc(F)cc(F)c2)C2CCCCC2)cc1-c1ccccc1C)C(=O)[O-].[Li+]. The molecule has 0 aliphatic heterocycles. The van der Waals surface area contributed by atoms with Gasteiger partial charge in [-0.1, -0.05) is 49.6 Å². The molecule has 5 nitrogen and oxygen atoms in total. The number of thioether (sulfide) groups is 1. The van der Waals surface area contributed by atoms with E-state index in [1.54, 1.807) is 6.07 Å². The third-order valence-corrected chi connectivity index (χ3v) is 8.39. The molecule has 0 spiro atoms. The van der Waals surface area contributed by atoms with E-state index in [-0.39, 0.29) is 31.3 Å². The normalized spacial score (nSPS) is 14.3. The fourth-order valence-corrected chi connectivity index (χ4v) is 6.11. The Morgan fingerprint density at radius 3 is 2.26 bits per heavy atom. The van der Waals surface area contributed by atoms with Crippen LogP contribution in [-0.2, 0) is 17.9 Å². The first-order valence-corrected chi connectivity index (χ1v) is 15.5. The van der Waals surface area contributed by atoms with E-state index in [2.05, 4.69) is 10.2 Å². The summed E-state index contributed by atoms with van der Waals surface area (Å²) in [6, 6.07) is 16.2. The maximum absolute atomic E-state index is 14.0. The van der Waals surface area contributed by atoms with Gasteiger partial charge in [-0.25, -0.2) is 8.78 Å². The molecule has 0 heterocycles. The van der Waals surface area contributed by atoms with Crippen LogP contribution in [0.4, 0.5) is 8.78 Å². The average Bonchev–Trinajstić information content (AvgIpc) is 2.95. The summed E-state index contributed by atoms with van der Waals surface area (Å²) in [6.07, 6.45) is 7.59. The van der Waals surface area contributed by atoms with Crippen LogP contribution in [0.2, 0.25) is 0 Å². The van der Waals surface area contributed by atoms with Crippen LogP contribution in [0.3, 0.4) is 0 Å². The number of aryl methyl sites for hydroxylation is 1. The van der Waals surface area contributed by atoms with Crippen molar-refractivity contribution in [3.63, 3.8) is 0 Å². The fraction of sp³-hybridized carbons (Fsp3) is 0.394. The molecule has 0 bridgehead atoms. The zero-order valence-corrected chi connectivity index (χ0v) is 25.4. The topological polar surface area (TPSA) is 72.5 Å². The fourth-order valence-electron chi connectivity index (χ4n) is 5.64. The van der Waals surface area contributed by atoms with Gasteiger partial charge in [-0.3, -0.25) is 9.69 Å². The molecule has 1 N–H and O–H groups in total. The molecule has 1 aliphatic rings. The van der Waals surface area contributed by atoms with Crippen molar-refractivity contribution in [2.45, 2.75) is 70.6 Å². The second-order valence-corrected chi connectivity index (χ2v) is 11.8. The number of carboxylic acid groups (broad SMARTS) is 1. The number of carbonyl (C=O) groups is 2. The number of hydrogen-bond acceptors (Lipinski definition) is 5. The Bertz CT molecular complexity index is 1350. The van der Waals surface area contributed by atoms with Gasteiger partial charge in [0.1, 0.15) is 11.6 Å². The first-order chi connectivity index (χ1) is 19.7. The monoisotopic (exact) mass is 586 g/mol. The first kappa shape index (κ1) is 33.9. The number of amides is 1. The van der Waals surface area contributed by atoms with Crippen LogP contribution in [0.1, 0.15) is 65.6 Å². The van der Waals surface area contributed by atoms with Gasteiger partial charge in [-0.05, 0) is 90.3 Å². The third-order valence-electron chi connectivity index (χ3n) is 7.75. The molecule has 3 aromatic rings. The molecule has 0 aromatic heterocycles. The van der Waals surface area contributed by atoms with Crippen molar-refractivity contribution in [1.82, 2.24) is 10.2 Å². The van der Waals surface area contributed by atoms with Gasteiger partial charge in [0.15, 0.2) is 0 Å². The third kappa shape index (κ3) is 9.18. The van der Waals surface area contributed by atoms with Crippen molar-refractivity contribution in [2.24, 2.45) is 0 Å². The summed E-state index contributed by atoms with van der Waals surface area (Å²) in [5.74, 6) is -2.38. The molecule has 0 saturated heterocycles. The van der Waals surface area contributed by atoms with E-state index in [0.29, 0.717) is 35.5 Å². The Morgan fingerprint density at radius 1 is 0.952 bits per heavy atom. The summed E-state index contributed by atoms with van der Waals surface area (Å²) >= 11 is 1.50. The van der Waals surface area contributed by atoms with E-state index < -0.39 is 29.6 Å². The van der Waals surface area contributed by atoms with Crippen molar-refractivity contribution < 1.29 is 42.3 Å². The van der Waals surface area contributed by atoms with E-state index in [9.17, 15) is 23.5 Å². The molecule has 1 saturated carbocycles. The second-order valence-electron chi connectivity index (χ2n) is 10.8. The van der Waals surface area contributed by atoms with Crippen molar-refractivity contribution >= 4 is 23.6 Å². The summed E-state index contributed by atoms with van der Waals surface area (Å²) in [4.78, 5) is 27.4. The van der Waals surface area contributed by atoms with Crippen LogP contribution in [-0.4, -0.2) is 40.9 Å². The van der Waals surface area contributed by atoms with Gasteiger partial charge in [0.25, 0.3) is 5.91 Å². The van der Waals surface area contributed by atoms with Crippen molar-refractivity contribution in [3.05, 3.63) is 94.6 Å². The van der Waals surface area contributed by atoms with E-state index in [1.807, 2.05) is 49.6 Å². The maximum Gasteiger partial charge on any atom is 1.00 e. The number of carbonyl (C=O) groups excluding carboxylic acids is 2. The molecule has 3 aromatic carbocycles. The number of nitrogens with zero attached hydrogens (tertiary/aromatic N) is 1. The van der Waals surface area contributed by atoms with Gasteiger partial charge in [0.2, 0.25) is 0 Å². The standard InChI is InChI=1S/C33H38F2N2O3S.Li/c1-22-8-6-7-11-28(22)30-18-23(12-13-29(30)32(38)36-31(33(39)40)14-15-41-2)20-37(27-9-4-3-5-10-27)21-24-16-25(34)19-26(35)17-24;/h6-8,11-13,16-19,27,31H,3-5,9-10,14-15,20-21H2,1-2H3,(H,36,38)(H,39,40);/q;+1/p-1/t31-;/m0./s1. The predicted octanol–water partition coefficient (Wildman–Crippen LogP) is 2.88. The summed E-state index contributed by atoms with van der Waals surface area (Å²) in [5, 5.41) is 14.4. The minimum Gasteiger partial charge on any atom is -0.548 e. The van der Waals surface area contributed by atoms with Gasteiger partial charge in [0.05, 0.1) is 12.0 Å². The van der Waals surface area contributed by atoms with Gasteiger partial charge >= 0.3 is 18.9 Å². The molecule has 218 valence electrons. The number of benzene rings is 3. The second kappa shape index (κ2) is 16.3. The Kier molecular flexibility index (Phi) is 13.1. The van der Waals surface area contributed by atoms with Gasteiger partial charge in [-0.15, -0.1) is 0 Å². The van der Waals surface area contributed by atoms with Crippen LogP contribution in [0, 0.1) is 18.6 Å². The minimum atomic E-state index is -1.31. The van der Waals surface area contributed by atoms with Gasteiger partial charge < -0.3 is 15.2 Å². The van der Waals surface area contributed by atoms with E-state index >= 15 is 0 Å². The molecule has 1 fully saturated rings. The van der Waals surface area contributed by atoms with Crippen LogP contribution in [0.5, 0.6) is 0 Å². The summed E-state index contributed by atoms with van der Waals surface area (Å²) < 4.78 is 28.0. The van der Waals surface area contributed by atoms with Crippen molar-refractivity contribution in [1.29, 1.82) is 0 Å². The van der Waals surface area contributed by atoms with E-state index in [0.717, 1.165) is 48.4 Å². The van der Waals surface area contributed by atoms with E-state index in [1.165, 1.54) is 30.3 Å². The minimum absolute atomic E-state index is 0. The number of nitrogens with one attached hydrogen (secondary N) is 1. The summed E-state index contributed by atoms with van der Waals surface area (Å²) in [5.41, 5.74) is 4.50. The molecular weight excluding hydrogens is 549 g/mol. The predicted molar refractivity (Wildman–Crippen MR) is 158 cm³/mol. The summed E-state index contributed by atoms with van der Waals surface area (Å²) in [7, 11) is 0. The smallest absolute Gasteiger partial charge is 0.548 e. The molecule has 0 radical (unpaired) electrons. The van der Waals surface area contributed by atoms with Crippen LogP contribution >= 0.6 is 11.8 Å². The maximum atomic E-state index is 14.0. The van der Waals surface area contributed by atoms with E-state index in [4.69, 9.17) is 0 Å². The zero-order valence-electron chi connectivity index (χ0n) is 24.6. The Balaban J connectivity index is 0.00000484. The van der Waals surface area contributed by atoms with Crippen LogP contribution in [0.15, 0.2) is 60.7 Å². The molecule has 1 amide bonds. The number of aliphatic carboxylic acids is 1. The number of hydrogen-bond donors (Lipinski definition) is 1. The molecule has 9 heteroatoms. The number of carboxylic acids is 1. The number of halogens is 2. The number of rotatable bonds is 12. The average molecular weight is 587 g/mol. The Hall–Kier alpha value is -2.63. The van der Waals surface area contributed by atoms with Crippen LogP contribution in [0.25, 0.3) is 11.1 Å². The first-order valence-electron chi connectivity index (χ1n) is 14.1. The van der Waals surface area contributed by atoms with Gasteiger partial charge in [0, 0.05) is 30.8 Å². The molecule has 4 rings (SSSR count). The van der Waals surface area contributed by atoms with Crippen molar-refractivity contribution in [2.75, 3.05) is 12.0 Å². The summed E-state index contributed by atoms with van der Waals surface area (Å²) in [6.45, 7) is 2.92. The zero-order chi connectivity index (χ0) is 29.4. The Morgan fingerprint density at radius 2 is 1.62 bits per heavy atom.